The lowest BCUT2D eigenvalue weighted by molar-refractivity contribution is -0.571. The maximum absolute atomic E-state index is 9.18. The van der Waals surface area contributed by atoms with Crippen molar-refractivity contribution < 1.29 is 24.4 Å². The molecule has 1 unspecified atom stereocenters. The van der Waals surface area contributed by atoms with Crippen molar-refractivity contribution in [3.05, 3.63) is 224 Å². The highest BCUT2D eigenvalue weighted by Crippen LogP contribution is 2.38. The number of pyridine rings is 1. The molecular weight excluding hydrogens is 781 g/mol. The molecule has 0 N–H and O–H groups in total. The van der Waals surface area contributed by atoms with Crippen LogP contribution in [0.1, 0.15) is 47.3 Å². The van der Waals surface area contributed by atoms with E-state index in [0.29, 0.717) is 34.0 Å². The maximum atomic E-state index is 9.18. The number of hydrogen-bond acceptors (Lipinski definition) is 2. The van der Waals surface area contributed by atoms with E-state index >= 15 is 0 Å². The summed E-state index contributed by atoms with van der Waals surface area (Å²) < 4.78 is 109. The van der Waals surface area contributed by atoms with Gasteiger partial charge in [-0.15, -0.1) is 0 Å². The Balaban J connectivity index is 1.12. The van der Waals surface area contributed by atoms with Crippen molar-refractivity contribution in [2.45, 2.75) is 26.7 Å². The molecule has 11 aromatic rings. The number of fused-ring (bicyclic) bond motifs is 4. The zero-order valence-corrected chi connectivity index (χ0v) is 35.2. The number of hydrogen-bond donors (Lipinski definition) is 0. The number of para-hydroxylation sites is 2. The molecule has 3 aromatic heterocycles. The van der Waals surface area contributed by atoms with Crippen molar-refractivity contribution in [2.75, 3.05) is 0 Å². The molecule has 0 aliphatic heterocycles. The van der Waals surface area contributed by atoms with E-state index in [0.717, 1.165) is 38.5 Å². The van der Waals surface area contributed by atoms with E-state index in [2.05, 4.69) is 23.0 Å². The first-order valence-corrected chi connectivity index (χ1v) is 21.1. The van der Waals surface area contributed by atoms with Gasteiger partial charge in [0.25, 0.3) is 6.33 Å². The molecule has 0 aliphatic rings. The molecule has 1 atom stereocenters. The smallest absolute Gasteiger partial charge is 0.269 e. The number of nitrogens with zero attached hydrogens (tertiary/aromatic N) is 4. The Labute approximate surface area is 389 Å². The van der Waals surface area contributed by atoms with Crippen LogP contribution in [0.2, 0.25) is 0 Å². The maximum Gasteiger partial charge on any atom is 0.269 e. The Hall–Kier alpha value is -8.02. The quantitative estimate of drug-likeness (QED) is 0.102. The molecule has 0 radical (unpaired) electrons. The van der Waals surface area contributed by atoms with Gasteiger partial charge in [-0.2, -0.15) is 0 Å². The number of rotatable bonds is 10. The molecule has 11 rings (SSSR count). The van der Waals surface area contributed by atoms with Crippen LogP contribution in [0.5, 0.6) is 11.5 Å². The molecule has 0 aliphatic carbocycles. The summed E-state index contributed by atoms with van der Waals surface area (Å²) in [7, 11) is 0. The van der Waals surface area contributed by atoms with Gasteiger partial charge in [-0.1, -0.05) is 166 Å². The van der Waals surface area contributed by atoms with Gasteiger partial charge in [0.05, 0.1) is 47.1 Å². The third-order valence-electron chi connectivity index (χ3n) is 11.8. The van der Waals surface area contributed by atoms with Gasteiger partial charge in [-0.05, 0) is 105 Å². The van der Waals surface area contributed by atoms with Crippen LogP contribution in [0, 0.1) is 12.2 Å². The largest absolute Gasteiger partial charge is 0.458 e. The lowest BCUT2D eigenvalue weighted by Crippen LogP contribution is -2.31. The molecular formula is C59H46N4O. The second-order valence-corrected chi connectivity index (χ2v) is 15.9. The summed E-state index contributed by atoms with van der Waals surface area (Å²) in [4.78, 5) is 4.82. The van der Waals surface area contributed by atoms with Crippen molar-refractivity contribution in [3.63, 3.8) is 0 Å². The van der Waals surface area contributed by atoms with Crippen molar-refractivity contribution >= 4 is 32.8 Å². The van der Waals surface area contributed by atoms with Crippen LogP contribution >= 0.6 is 0 Å². The minimum absolute atomic E-state index is 0.0569. The van der Waals surface area contributed by atoms with Gasteiger partial charge in [0.15, 0.2) is 0 Å². The van der Waals surface area contributed by atoms with Gasteiger partial charge in [-0.3, -0.25) is 13.7 Å². The van der Waals surface area contributed by atoms with Crippen LogP contribution in [0.25, 0.3) is 83.4 Å². The second kappa shape index (κ2) is 16.4. The molecule has 3 heterocycles. The Morgan fingerprint density at radius 3 is 2.02 bits per heavy atom. The lowest BCUT2D eigenvalue weighted by Gasteiger charge is -2.17. The van der Waals surface area contributed by atoms with Crippen molar-refractivity contribution in [2.24, 2.45) is 5.92 Å². The fraction of sp³-hybridized carbons (Fsp3) is 0.0847. The predicted octanol–water partition coefficient (Wildman–Crippen LogP) is 14.8. The average Bonchev–Trinajstić information content (AvgIpc) is 3.97. The molecule has 5 heteroatoms. The standard InChI is InChI=1S/C59H46N4O/c1-40(2)41(3)45-33-34-60-58(36-45)63-54-28-14-13-25-52(54)53-31-30-49(38-56(53)63)64-48-24-15-23-47(37-48)61-39-62(55-32-29-46(35-57(55)61)42-17-7-4-8-18-42)59-50(43-19-9-5-10-20-43)26-16-27-51(59)44-21-11-6-12-22-44/h4-38,40-41H,1-3H3/i5D,6D,9D,10D,11D,12D,19D,20D,21D,22D,41D. The topological polar surface area (TPSA) is 35.9 Å². The van der Waals surface area contributed by atoms with Gasteiger partial charge in [0.2, 0.25) is 0 Å². The molecule has 0 spiro atoms. The number of benzene rings is 8. The van der Waals surface area contributed by atoms with Crippen LogP contribution in [-0.4, -0.2) is 14.1 Å². The first-order valence-electron chi connectivity index (χ1n) is 26.6. The lowest BCUT2D eigenvalue weighted by atomic mass is 9.91. The fourth-order valence-electron chi connectivity index (χ4n) is 8.44. The third kappa shape index (κ3) is 7.01. The van der Waals surface area contributed by atoms with E-state index < -0.39 is 66.3 Å². The highest BCUT2D eigenvalue weighted by Gasteiger charge is 2.21. The first kappa shape index (κ1) is 28.6. The zero-order chi connectivity index (χ0) is 52.8. The summed E-state index contributed by atoms with van der Waals surface area (Å²) in [5.74, 6) is 0.920. The van der Waals surface area contributed by atoms with Crippen LogP contribution < -0.4 is 9.30 Å². The van der Waals surface area contributed by atoms with Gasteiger partial charge < -0.3 is 4.74 Å². The fourth-order valence-corrected chi connectivity index (χ4v) is 8.44. The highest BCUT2D eigenvalue weighted by atomic mass is 16.5. The minimum Gasteiger partial charge on any atom is -0.458 e. The van der Waals surface area contributed by atoms with E-state index in [9.17, 15) is 1.37 Å². The van der Waals surface area contributed by atoms with Crippen molar-refractivity contribution in [3.8, 4) is 62.1 Å². The Kier molecular flexibility index (Phi) is 7.30. The van der Waals surface area contributed by atoms with Crippen LogP contribution in [0.15, 0.2) is 212 Å². The molecule has 0 saturated heterocycles. The summed E-state index contributed by atoms with van der Waals surface area (Å²) in [6.45, 7) is 6.00. The van der Waals surface area contributed by atoms with Gasteiger partial charge in [-0.25, -0.2) is 4.98 Å². The van der Waals surface area contributed by atoms with Gasteiger partial charge in [0.1, 0.15) is 17.3 Å². The first-order chi connectivity index (χ1) is 36.0. The van der Waals surface area contributed by atoms with E-state index in [-0.39, 0.29) is 33.9 Å². The second-order valence-electron chi connectivity index (χ2n) is 15.9. The van der Waals surface area contributed by atoms with Gasteiger partial charge in [0, 0.05) is 24.4 Å². The summed E-state index contributed by atoms with van der Waals surface area (Å²) in [5.41, 5.74) is 6.37. The minimum atomic E-state index is -0.846. The van der Waals surface area contributed by atoms with E-state index in [1.807, 2.05) is 141 Å². The number of ether oxygens (including phenoxy) is 1. The van der Waals surface area contributed by atoms with Crippen LogP contribution in [-0.2, 0) is 0 Å². The normalized spacial score (nSPS) is 15.0. The Morgan fingerprint density at radius 2 is 1.27 bits per heavy atom. The molecule has 5 nitrogen and oxygen atoms in total. The van der Waals surface area contributed by atoms with Crippen molar-refractivity contribution in [1.82, 2.24) is 14.1 Å². The summed E-state index contributed by atoms with van der Waals surface area (Å²) in [6, 6.07) is 40.4. The predicted molar refractivity (Wildman–Crippen MR) is 262 cm³/mol. The highest BCUT2D eigenvalue weighted by molar-refractivity contribution is 6.09. The monoisotopic (exact) mass is 837 g/mol. The van der Waals surface area contributed by atoms with Crippen LogP contribution in [0.4, 0.5) is 0 Å². The number of imidazole rings is 1. The zero-order valence-electron chi connectivity index (χ0n) is 46.2. The molecule has 0 bridgehead atoms. The summed E-state index contributed by atoms with van der Waals surface area (Å²) >= 11 is 0. The van der Waals surface area contributed by atoms with E-state index in [1.54, 1.807) is 29.0 Å². The molecule has 0 saturated carbocycles. The molecule has 0 amide bonds. The summed E-state index contributed by atoms with van der Waals surface area (Å²) in [5, 5.41) is 2.03. The Morgan fingerprint density at radius 1 is 0.578 bits per heavy atom. The SMILES string of the molecule is [2H]c1c([2H])c([2H])c(-c2cccc(-c3c([2H])c([2H])c([2H])c([2H])c3[2H])c2-[n+]2[c-]n(-c3cccc(Oc4ccc5c6ccccc6n(-c6cc(C([2H])(C)C(C)C)ccn6)c5c4)c3)c3cc(-c4ccccc4)ccc32)c([2H])c1[2H]. The van der Waals surface area contributed by atoms with E-state index in [4.69, 9.17) is 23.4 Å². The molecule has 64 heavy (non-hydrogen) atoms. The molecule has 308 valence electrons. The van der Waals surface area contributed by atoms with Gasteiger partial charge >= 0.3 is 0 Å². The average molecular weight is 838 g/mol. The summed E-state index contributed by atoms with van der Waals surface area (Å²) in [6.07, 6.45) is 5.26. The molecule has 8 aromatic carbocycles. The Bertz CT molecular complexity index is 3990. The molecule has 0 fully saturated rings. The van der Waals surface area contributed by atoms with Crippen molar-refractivity contribution in [1.29, 1.82) is 0 Å². The van der Waals surface area contributed by atoms with Crippen LogP contribution in [0.3, 0.4) is 0 Å². The number of aromatic nitrogens is 4. The van der Waals surface area contributed by atoms with E-state index in [1.165, 1.54) is 0 Å². The third-order valence-corrected chi connectivity index (χ3v) is 11.8.